The molecule has 0 radical (unpaired) electrons. The molecule has 1 unspecified atom stereocenters. The van der Waals surface area contributed by atoms with Crippen molar-refractivity contribution in [3.63, 3.8) is 0 Å². The van der Waals surface area contributed by atoms with Crippen molar-refractivity contribution in [1.82, 2.24) is 4.90 Å². The minimum Gasteiger partial charge on any atom is -0.303 e. The van der Waals surface area contributed by atoms with Crippen LogP contribution in [0.2, 0.25) is 0 Å². The van der Waals surface area contributed by atoms with Gasteiger partial charge in [0.05, 0.1) is 0 Å². The maximum Gasteiger partial charge on any atom is 0.137 e. The minimum absolute atomic E-state index is 0.331. The van der Waals surface area contributed by atoms with Gasteiger partial charge in [0.2, 0.25) is 0 Å². The molecule has 0 aromatic rings. The van der Waals surface area contributed by atoms with Gasteiger partial charge in [-0.05, 0) is 25.9 Å². The van der Waals surface area contributed by atoms with E-state index in [1.807, 2.05) is 0 Å². The van der Waals surface area contributed by atoms with Gasteiger partial charge in [0.15, 0.2) is 0 Å². The molecule has 1 aliphatic rings. The summed E-state index contributed by atoms with van der Waals surface area (Å²) < 4.78 is 0. The summed E-state index contributed by atoms with van der Waals surface area (Å²) in [6.07, 6.45) is 5.56. The molecule has 2 heteroatoms. The first-order valence-corrected chi connectivity index (χ1v) is 6.03. The molecule has 14 heavy (non-hydrogen) atoms. The molecule has 0 saturated heterocycles. The van der Waals surface area contributed by atoms with E-state index < -0.39 is 0 Å². The third kappa shape index (κ3) is 3.41. The van der Waals surface area contributed by atoms with Gasteiger partial charge in [-0.1, -0.05) is 26.7 Å². The fraction of sp³-hybridized carbons (Fsp3) is 0.917. The molecule has 0 aromatic heterocycles. The van der Waals surface area contributed by atoms with Crippen LogP contribution in [0.5, 0.6) is 0 Å². The smallest absolute Gasteiger partial charge is 0.137 e. The van der Waals surface area contributed by atoms with E-state index in [-0.39, 0.29) is 0 Å². The van der Waals surface area contributed by atoms with E-state index >= 15 is 0 Å². The third-order valence-corrected chi connectivity index (χ3v) is 3.30. The zero-order chi connectivity index (χ0) is 10.4. The highest BCUT2D eigenvalue weighted by molar-refractivity contribution is 5.81. The molecule has 0 heterocycles. The molecule has 1 saturated carbocycles. The Morgan fingerprint density at radius 2 is 1.93 bits per heavy atom. The van der Waals surface area contributed by atoms with Gasteiger partial charge in [-0.15, -0.1) is 0 Å². The number of carbonyl (C=O) groups is 1. The van der Waals surface area contributed by atoms with Gasteiger partial charge in [-0.3, -0.25) is 4.79 Å². The van der Waals surface area contributed by atoms with Crippen LogP contribution in [0.15, 0.2) is 0 Å². The predicted molar refractivity (Wildman–Crippen MR) is 59.4 cm³/mol. The van der Waals surface area contributed by atoms with Crippen molar-refractivity contribution in [2.45, 2.75) is 46.0 Å². The number of hydrogen-bond acceptors (Lipinski definition) is 2. The topological polar surface area (TPSA) is 20.3 Å². The largest absolute Gasteiger partial charge is 0.303 e. The summed E-state index contributed by atoms with van der Waals surface area (Å²) in [4.78, 5) is 14.1. The lowest BCUT2D eigenvalue weighted by Gasteiger charge is -2.23. The molecule has 1 aliphatic carbocycles. The Bertz CT molecular complexity index is 175. The van der Waals surface area contributed by atoms with Gasteiger partial charge >= 0.3 is 0 Å². The molecular formula is C12H23NO. The van der Waals surface area contributed by atoms with E-state index in [1.54, 1.807) is 0 Å². The number of carbonyl (C=O) groups excluding carboxylic acids is 1. The Kier molecular flexibility index (Phi) is 5.16. The lowest BCUT2D eigenvalue weighted by molar-refractivity contribution is -0.123. The quantitative estimate of drug-likeness (QED) is 0.645. The van der Waals surface area contributed by atoms with Crippen LogP contribution in [-0.2, 0) is 4.79 Å². The van der Waals surface area contributed by atoms with Gasteiger partial charge in [0.1, 0.15) is 5.78 Å². The van der Waals surface area contributed by atoms with Crippen LogP contribution in [0, 0.1) is 5.92 Å². The molecule has 0 aliphatic heterocycles. The monoisotopic (exact) mass is 197 g/mol. The number of hydrogen-bond donors (Lipinski definition) is 0. The van der Waals surface area contributed by atoms with Gasteiger partial charge < -0.3 is 4.90 Å². The zero-order valence-corrected chi connectivity index (χ0v) is 9.59. The molecular weight excluding hydrogens is 174 g/mol. The first-order chi connectivity index (χ1) is 6.77. The van der Waals surface area contributed by atoms with Crippen molar-refractivity contribution in [2.75, 3.05) is 19.6 Å². The maximum atomic E-state index is 11.8. The van der Waals surface area contributed by atoms with Crippen molar-refractivity contribution in [3.05, 3.63) is 0 Å². The molecule has 0 bridgehead atoms. The van der Waals surface area contributed by atoms with Gasteiger partial charge in [0.25, 0.3) is 0 Å². The Labute approximate surface area is 87.7 Å². The second-order valence-electron chi connectivity index (χ2n) is 4.25. The summed E-state index contributed by atoms with van der Waals surface area (Å²) in [5.41, 5.74) is 0. The fourth-order valence-corrected chi connectivity index (χ4v) is 2.22. The molecule has 2 nitrogen and oxygen atoms in total. The van der Waals surface area contributed by atoms with Crippen LogP contribution >= 0.6 is 0 Å². The van der Waals surface area contributed by atoms with Crippen LogP contribution in [0.1, 0.15) is 46.0 Å². The summed E-state index contributed by atoms with van der Waals surface area (Å²) in [5.74, 6) is 0.840. The number of Topliss-reactive ketones (excluding diaryl/α,β-unsaturated/α-hetero) is 1. The highest BCUT2D eigenvalue weighted by Gasteiger charge is 2.21. The standard InChI is InChI=1S/C12H23NO/c1-3-13(4-2)10-11-8-6-5-7-9-12(11)14/h11H,3-10H2,1-2H3. The first-order valence-electron chi connectivity index (χ1n) is 6.03. The maximum absolute atomic E-state index is 11.8. The average Bonchev–Trinajstić information content (AvgIpc) is 2.40. The Morgan fingerprint density at radius 1 is 1.21 bits per heavy atom. The minimum atomic E-state index is 0.331. The summed E-state index contributed by atoms with van der Waals surface area (Å²) in [6, 6.07) is 0. The van der Waals surface area contributed by atoms with Crippen molar-refractivity contribution in [3.8, 4) is 0 Å². The molecule has 0 N–H and O–H groups in total. The van der Waals surface area contributed by atoms with Crippen molar-refractivity contribution in [1.29, 1.82) is 0 Å². The highest BCUT2D eigenvalue weighted by Crippen LogP contribution is 2.20. The van der Waals surface area contributed by atoms with Gasteiger partial charge in [0, 0.05) is 18.9 Å². The second-order valence-corrected chi connectivity index (χ2v) is 4.25. The summed E-state index contributed by atoms with van der Waals surface area (Å²) >= 11 is 0. The van der Waals surface area contributed by atoms with Crippen LogP contribution < -0.4 is 0 Å². The average molecular weight is 197 g/mol. The van der Waals surface area contributed by atoms with Gasteiger partial charge in [-0.2, -0.15) is 0 Å². The molecule has 1 fully saturated rings. The molecule has 0 amide bonds. The van der Waals surface area contributed by atoms with E-state index in [4.69, 9.17) is 0 Å². The highest BCUT2D eigenvalue weighted by atomic mass is 16.1. The molecule has 0 spiro atoms. The Balaban J connectivity index is 2.43. The van der Waals surface area contributed by atoms with Crippen LogP contribution in [0.4, 0.5) is 0 Å². The summed E-state index contributed by atoms with van der Waals surface area (Å²) in [7, 11) is 0. The number of rotatable bonds is 4. The third-order valence-electron chi connectivity index (χ3n) is 3.30. The number of nitrogens with zero attached hydrogens (tertiary/aromatic N) is 1. The summed E-state index contributed by atoms with van der Waals surface area (Å²) in [5, 5.41) is 0. The molecule has 0 aromatic carbocycles. The first kappa shape index (κ1) is 11.7. The van der Waals surface area contributed by atoms with Crippen molar-refractivity contribution in [2.24, 2.45) is 5.92 Å². The van der Waals surface area contributed by atoms with E-state index in [0.29, 0.717) is 11.7 Å². The Morgan fingerprint density at radius 3 is 2.57 bits per heavy atom. The number of ketones is 1. The van der Waals surface area contributed by atoms with Crippen LogP contribution in [0.25, 0.3) is 0 Å². The fourth-order valence-electron chi connectivity index (χ4n) is 2.22. The normalized spacial score (nSPS) is 23.9. The zero-order valence-electron chi connectivity index (χ0n) is 9.59. The van der Waals surface area contributed by atoms with Gasteiger partial charge in [-0.25, -0.2) is 0 Å². The second kappa shape index (κ2) is 6.18. The SMILES string of the molecule is CCN(CC)CC1CCCCCC1=O. The van der Waals surface area contributed by atoms with E-state index in [0.717, 1.165) is 38.9 Å². The lowest BCUT2D eigenvalue weighted by Crippen LogP contribution is -2.32. The molecule has 82 valence electrons. The predicted octanol–water partition coefficient (Wildman–Crippen LogP) is 2.48. The lowest BCUT2D eigenvalue weighted by atomic mass is 9.98. The van der Waals surface area contributed by atoms with Crippen molar-refractivity contribution >= 4 is 5.78 Å². The van der Waals surface area contributed by atoms with E-state index in [2.05, 4.69) is 18.7 Å². The Hall–Kier alpha value is -0.370. The van der Waals surface area contributed by atoms with Crippen molar-refractivity contribution < 1.29 is 4.79 Å². The molecule has 1 rings (SSSR count). The summed E-state index contributed by atoms with van der Waals surface area (Å²) in [6.45, 7) is 7.47. The van der Waals surface area contributed by atoms with E-state index in [1.165, 1.54) is 12.8 Å². The molecule has 1 atom stereocenters. The van der Waals surface area contributed by atoms with E-state index in [9.17, 15) is 4.79 Å². The van der Waals surface area contributed by atoms with Crippen LogP contribution in [0.3, 0.4) is 0 Å². The van der Waals surface area contributed by atoms with Crippen LogP contribution in [-0.4, -0.2) is 30.3 Å².